The van der Waals surface area contributed by atoms with Gasteiger partial charge in [-0.25, -0.2) is 9.64 Å². The van der Waals surface area contributed by atoms with Crippen molar-refractivity contribution in [2.75, 3.05) is 25.1 Å². The van der Waals surface area contributed by atoms with Gasteiger partial charge in [0.2, 0.25) is 5.91 Å². The molecule has 7 nitrogen and oxygen atoms in total. The predicted molar refractivity (Wildman–Crippen MR) is 82.2 cm³/mol. The second kappa shape index (κ2) is 6.35. The van der Waals surface area contributed by atoms with E-state index in [0.717, 1.165) is 12.2 Å². The van der Waals surface area contributed by atoms with E-state index in [-0.39, 0.29) is 11.8 Å². The van der Waals surface area contributed by atoms with E-state index in [9.17, 15) is 9.59 Å². The lowest BCUT2D eigenvalue weighted by molar-refractivity contribution is -0.140. The van der Waals surface area contributed by atoms with Gasteiger partial charge in [-0.1, -0.05) is 0 Å². The van der Waals surface area contributed by atoms with Crippen LogP contribution in [0.1, 0.15) is 23.2 Å². The molecule has 0 saturated carbocycles. The number of hydrazine groups is 1. The zero-order chi connectivity index (χ0) is 15.5. The topological polar surface area (TPSA) is 79.5 Å². The van der Waals surface area contributed by atoms with Crippen molar-refractivity contribution in [2.24, 2.45) is 0 Å². The molecule has 1 saturated heterocycles. The van der Waals surface area contributed by atoms with Crippen LogP contribution < -0.4 is 0 Å². The molecular weight excluding hydrogens is 304 g/mol. The third kappa shape index (κ3) is 2.78. The molecule has 0 spiro atoms. The maximum Gasteiger partial charge on any atom is 0.272 e. The minimum atomic E-state index is -0.195. The van der Waals surface area contributed by atoms with Gasteiger partial charge >= 0.3 is 0 Å². The van der Waals surface area contributed by atoms with Crippen molar-refractivity contribution in [1.29, 1.82) is 0 Å². The van der Waals surface area contributed by atoms with E-state index >= 15 is 0 Å². The van der Waals surface area contributed by atoms with Crippen LogP contribution in [0.25, 0.3) is 11.0 Å². The van der Waals surface area contributed by atoms with Crippen molar-refractivity contribution < 1.29 is 14.2 Å². The van der Waals surface area contributed by atoms with Gasteiger partial charge in [-0.2, -0.15) is 11.8 Å². The van der Waals surface area contributed by atoms with Gasteiger partial charge in [0.05, 0.1) is 0 Å². The Morgan fingerprint density at radius 2 is 2.00 bits per heavy atom. The van der Waals surface area contributed by atoms with Gasteiger partial charge in [-0.3, -0.25) is 14.6 Å². The van der Waals surface area contributed by atoms with Crippen molar-refractivity contribution in [3.05, 3.63) is 23.8 Å². The lowest BCUT2D eigenvalue weighted by Crippen LogP contribution is -2.44. The third-order valence-electron chi connectivity index (χ3n) is 3.57. The summed E-state index contributed by atoms with van der Waals surface area (Å²) in [4.78, 5) is 24.9. The van der Waals surface area contributed by atoms with Crippen LogP contribution >= 0.6 is 11.8 Å². The number of rotatable bonds is 4. The smallest absolute Gasteiger partial charge is 0.272 e. The Balaban J connectivity index is 1.79. The summed E-state index contributed by atoms with van der Waals surface area (Å²) in [6.07, 6.45) is 3.20. The van der Waals surface area contributed by atoms with Gasteiger partial charge in [0.25, 0.3) is 5.91 Å². The van der Waals surface area contributed by atoms with Crippen molar-refractivity contribution in [3.63, 3.8) is 0 Å². The summed E-state index contributed by atoms with van der Waals surface area (Å²) in [5, 5.41) is 10.5. The summed E-state index contributed by atoms with van der Waals surface area (Å²) in [7, 11) is 0. The number of hydrogen-bond acceptors (Lipinski definition) is 6. The summed E-state index contributed by atoms with van der Waals surface area (Å²) >= 11 is 1.62. The molecule has 8 heteroatoms. The average molecular weight is 320 g/mol. The monoisotopic (exact) mass is 320 g/mol. The van der Waals surface area contributed by atoms with Crippen LogP contribution in [0.2, 0.25) is 0 Å². The molecule has 0 radical (unpaired) electrons. The van der Waals surface area contributed by atoms with Crippen molar-refractivity contribution in [2.45, 2.75) is 12.8 Å². The fraction of sp³-hybridized carbons (Fsp3) is 0.429. The second-order valence-corrected chi connectivity index (χ2v) is 5.99. The molecular formula is C14H16N4O3S. The van der Waals surface area contributed by atoms with Gasteiger partial charge in [-0.15, -0.1) is 0 Å². The molecule has 22 heavy (non-hydrogen) atoms. The van der Waals surface area contributed by atoms with Crippen LogP contribution in [0, 0.1) is 0 Å². The van der Waals surface area contributed by atoms with E-state index < -0.39 is 0 Å². The standard InChI is InChI=1S/C14H16N4O3S/c1-22-8-5-13(19)17-6-2-7-18(17)14(20)10-3-4-11-12(9-10)16-21-15-11/h3-4,9H,2,5-8H2,1H3. The molecule has 1 aromatic heterocycles. The highest BCUT2D eigenvalue weighted by molar-refractivity contribution is 7.98. The Hall–Kier alpha value is -2.09. The summed E-state index contributed by atoms with van der Waals surface area (Å²) in [6, 6.07) is 5.00. The molecule has 1 aliphatic heterocycles. The summed E-state index contributed by atoms with van der Waals surface area (Å²) in [5.41, 5.74) is 1.61. The highest BCUT2D eigenvalue weighted by Crippen LogP contribution is 2.19. The molecule has 2 amide bonds. The number of benzene rings is 1. The average Bonchev–Trinajstić information content (AvgIpc) is 3.19. The Labute approximate surface area is 131 Å². The zero-order valence-corrected chi connectivity index (χ0v) is 13.0. The number of nitrogens with zero attached hydrogens (tertiary/aromatic N) is 4. The normalized spacial score (nSPS) is 14.8. The molecule has 0 atom stereocenters. The first-order chi connectivity index (χ1) is 10.7. The Morgan fingerprint density at radius 1 is 1.23 bits per heavy atom. The Bertz CT molecular complexity index is 702. The second-order valence-electron chi connectivity index (χ2n) is 5.01. The fourth-order valence-corrected chi connectivity index (χ4v) is 2.84. The molecule has 2 heterocycles. The molecule has 1 aliphatic rings. The van der Waals surface area contributed by atoms with Crippen molar-refractivity contribution in [3.8, 4) is 0 Å². The highest BCUT2D eigenvalue weighted by Gasteiger charge is 2.31. The van der Waals surface area contributed by atoms with Gasteiger partial charge in [0.15, 0.2) is 0 Å². The Kier molecular flexibility index (Phi) is 4.28. The fourth-order valence-electron chi connectivity index (χ4n) is 2.46. The number of hydrogen-bond donors (Lipinski definition) is 0. The van der Waals surface area contributed by atoms with Crippen LogP contribution in [0.4, 0.5) is 0 Å². The number of carbonyl (C=O) groups is 2. The van der Waals surface area contributed by atoms with E-state index in [1.54, 1.807) is 35.0 Å². The van der Waals surface area contributed by atoms with E-state index in [0.29, 0.717) is 36.1 Å². The van der Waals surface area contributed by atoms with Gasteiger partial charge in [0, 0.05) is 30.8 Å². The minimum absolute atomic E-state index is 0.00983. The lowest BCUT2D eigenvalue weighted by atomic mass is 10.2. The summed E-state index contributed by atoms with van der Waals surface area (Å²) in [6.45, 7) is 1.14. The lowest BCUT2D eigenvalue weighted by Gasteiger charge is -2.28. The van der Waals surface area contributed by atoms with E-state index in [1.165, 1.54) is 5.01 Å². The maximum absolute atomic E-state index is 12.6. The first-order valence-corrected chi connectivity index (χ1v) is 8.43. The van der Waals surface area contributed by atoms with E-state index in [1.807, 2.05) is 6.26 Å². The van der Waals surface area contributed by atoms with Gasteiger partial charge in [0.1, 0.15) is 11.0 Å². The third-order valence-corrected chi connectivity index (χ3v) is 4.19. The number of carbonyl (C=O) groups excluding carboxylic acids is 2. The zero-order valence-electron chi connectivity index (χ0n) is 12.2. The van der Waals surface area contributed by atoms with E-state index in [4.69, 9.17) is 0 Å². The molecule has 0 unspecified atom stereocenters. The largest absolute Gasteiger partial charge is 0.273 e. The first kappa shape index (κ1) is 14.8. The van der Waals surface area contributed by atoms with Crippen molar-refractivity contribution >= 4 is 34.6 Å². The van der Waals surface area contributed by atoms with Crippen LogP contribution in [0.5, 0.6) is 0 Å². The highest BCUT2D eigenvalue weighted by atomic mass is 32.2. The molecule has 116 valence electrons. The molecule has 1 aromatic carbocycles. The van der Waals surface area contributed by atoms with Crippen LogP contribution in [-0.2, 0) is 4.79 Å². The molecule has 0 N–H and O–H groups in total. The number of fused-ring (bicyclic) bond motifs is 1. The maximum atomic E-state index is 12.6. The van der Waals surface area contributed by atoms with Crippen molar-refractivity contribution in [1.82, 2.24) is 20.3 Å². The Morgan fingerprint density at radius 3 is 2.82 bits per heavy atom. The van der Waals surface area contributed by atoms with Gasteiger partial charge < -0.3 is 0 Å². The summed E-state index contributed by atoms with van der Waals surface area (Å²) in [5.74, 6) is 0.554. The van der Waals surface area contributed by atoms with Crippen LogP contribution in [-0.4, -0.2) is 57.2 Å². The first-order valence-electron chi connectivity index (χ1n) is 7.04. The van der Waals surface area contributed by atoms with Crippen LogP contribution in [0.3, 0.4) is 0 Å². The number of aromatic nitrogens is 2. The van der Waals surface area contributed by atoms with E-state index in [2.05, 4.69) is 14.9 Å². The molecule has 3 rings (SSSR count). The van der Waals surface area contributed by atoms with Gasteiger partial charge in [-0.05, 0) is 41.2 Å². The SMILES string of the molecule is CSCCC(=O)N1CCCN1C(=O)c1ccc2nonc2c1. The predicted octanol–water partition coefficient (Wildman–Crippen LogP) is 1.57. The molecule has 0 aliphatic carbocycles. The number of thioether (sulfide) groups is 1. The number of amides is 2. The summed E-state index contributed by atoms with van der Waals surface area (Å²) < 4.78 is 4.64. The molecule has 2 aromatic rings. The van der Waals surface area contributed by atoms with Crippen LogP contribution in [0.15, 0.2) is 22.8 Å². The minimum Gasteiger partial charge on any atom is -0.273 e. The molecule has 0 bridgehead atoms. The quantitative estimate of drug-likeness (QED) is 0.850. The molecule has 1 fully saturated rings.